The molecule has 144 valence electrons. The number of aliphatic hydroxyl groups excluding tert-OH is 1. The average Bonchev–Trinajstić information content (AvgIpc) is 2.68. The second-order valence-electron chi connectivity index (χ2n) is 6.60. The number of carbonyl (C=O) groups excluding carboxylic acids is 1. The zero-order valence-electron chi connectivity index (χ0n) is 15.3. The van der Waals surface area contributed by atoms with E-state index in [4.69, 9.17) is 10.5 Å². The zero-order valence-corrected chi connectivity index (χ0v) is 15.3. The van der Waals surface area contributed by atoms with Crippen LogP contribution in [0.25, 0.3) is 0 Å². The molecule has 1 atom stereocenters. The highest BCUT2D eigenvalue weighted by Crippen LogP contribution is 2.17. The molecule has 0 bridgehead atoms. The molecule has 1 heterocycles. The maximum absolute atomic E-state index is 10.8. The lowest BCUT2D eigenvalue weighted by Gasteiger charge is -2.36. The normalized spacial score (nSPS) is 16.0. The van der Waals surface area contributed by atoms with Gasteiger partial charge in [0, 0.05) is 44.1 Å². The summed E-state index contributed by atoms with van der Waals surface area (Å²) in [5, 5.41) is 12.8. The smallest absolute Gasteiger partial charge is 0.316 e. The number of rotatable bonds is 7. The first-order valence-electron chi connectivity index (χ1n) is 9.10. The van der Waals surface area contributed by atoms with Crippen LogP contribution in [-0.2, 0) is 0 Å². The van der Waals surface area contributed by atoms with Gasteiger partial charge in [-0.15, -0.1) is 0 Å². The average molecular weight is 370 g/mol. The summed E-state index contributed by atoms with van der Waals surface area (Å²) in [4.78, 5) is 15.4. The number of amides is 2. The van der Waals surface area contributed by atoms with Gasteiger partial charge in [0.05, 0.1) is 0 Å². The quantitative estimate of drug-likeness (QED) is 0.691. The molecule has 3 rings (SSSR count). The fourth-order valence-corrected chi connectivity index (χ4v) is 3.15. The van der Waals surface area contributed by atoms with Crippen molar-refractivity contribution >= 4 is 17.4 Å². The molecule has 7 heteroatoms. The number of aliphatic hydroxyl groups is 1. The molecule has 1 fully saturated rings. The third kappa shape index (κ3) is 5.87. The van der Waals surface area contributed by atoms with Crippen molar-refractivity contribution in [3.05, 3.63) is 54.6 Å². The zero-order chi connectivity index (χ0) is 19.1. The summed E-state index contributed by atoms with van der Waals surface area (Å²) >= 11 is 0. The van der Waals surface area contributed by atoms with Crippen LogP contribution in [0.2, 0.25) is 0 Å². The SMILES string of the molecule is NC(=O)Nc1ccc(OC[C@H](O)CN2CCN(c3ccccc3)CC2)cc1. The number of hydrogen-bond donors (Lipinski definition) is 3. The monoisotopic (exact) mass is 370 g/mol. The molecule has 2 amide bonds. The van der Waals surface area contributed by atoms with Gasteiger partial charge in [-0.25, -0.2) is 4.79 Å². The van der Waals surface area contributed by atoms with Crippen LogP contribution in [0.5, 0.6) is 5.75 Å². The maximum Gasteiger partial charge on any atom is 0.316 e. The van der Waals surface area contributed by atoms with Crippen molar-refractivity contribution in [2.75, 3.05) is 49.5 Å². The number of nitrogens with one attached hydrogen (secondary N) is 1. The van der Waals surface area contributed by atoms with Crippen LogP contribution in [0.4, 0.5) is 16.2 Å². The molecular weight excluding hydrogens is 344 g/mol. The van der Waals surface area contributed by atoms with Crippen LogP contribution in [0.15, 0.2) is 54.6 Å². The van der Waals surface area contributed by atoms with Gasteiger partial charge in [-0.2, -0.15) is 0 Å². The number of hydrogen-bond acceptors (Lipinski definition) is 5. The number of ether oxygens (including phenoxy) is 1. The molecule has 1 aliphatic heterocycles. The third-order valence-electron chi connectivity index (χ3n) is 4.53. The van der Waals surface area contributed by atoms with Crippen molar-refractivity contribution in [1.82, 2.24) is 4.90 Å². The standard InChI is InChI=1S/C20H26N4O3/c21-20(26)22-16-6-8-19(9-7-16)27-15-18(25)14-23-10-12-24(13-11-23)17-4-2-1-3-5-17/h1-9,18,25H,10-15H2,(H3,21,22,26)/t18-/m1/s1. The molecule has 2 aromatic rings. The number of benzene rings is 2. The van der Waals surface area contributed by atoms with Gasteiger partial charge in [-0.1, -0.05) is 18.2 Å². The van der Waals surface area contributed by atoms with E-state index >= 15 is 0 Å². The first kappa shape index (κ1) is 19.0. The number of anilines is 2. The van der Waals surface area contributed by atoms with E-state index in [1.807, 2.05) is 6.07 Å². The Balaban J connectivity index is 1.38. The second kappa shape index (κ2) is 9.25. The van der Waals surface area contributed by atoms with Gasteiger partial charge in [0.15, 0.2) is 0 Å². The summed E-state index contributed by atoms with van der Waals surface area (Å²) in [6.45, 7) is 4.54. The third-order valence-corrected chi connectivity index (χ3v) is 4.53. The Morgan fingerprint density at radius 1 is 1.07 bits per heavy atom. The Hall–Kier alpha value is -2.77. The van der Waals surface area contributed by atoms with E-state index in [9.17, 15) is 9.90 Å². The highest BCUT2D eigenvalue weighted by molar-refractivity contribution is 5.87. The molecule has 0 spiro atoms. The number of nitrogens with zero attached hydrogens (tertiary/aromatic N) is 2. The summed E-state index contributed by atoms with van der Waals surface area (Å²) < 4.78 is 5.63. The topological polar surface area (TPSA) is 91.1 Å². The number of β-amino-alcohol motifs (C(OH)–C–C–N with tert-alkyl or cyclic N) is 1. The fraction of sp³-hybridized carbons (Fsp3) is 0.350. The molecule has 2 aromatic carbocycles. The van der Waals surface area contributed by atoms with Gasteiger partial charge in [-0.05, 0) is 36.4 Å². The first-order chi connectivity index (χ1) is 13.1. The Morgan fingerprint density at radius 3 is 2.37 bits per heavy atom. The van der Waals surface area contributed by atoms with E-state index in [0.29, 0.717) is 18.0 Å². The van der Waals surface area contributed by atoms with E-state index in [-0.39, 0.29) is 6.61 Å². The number of primary amides is 1. The molecule has 7 nitrogen and oxygen atoms in total. The highest BCUT2D eigenvalue weighted by atomic mass is 16.5. The van der Waals surface area contributed by atoms with Gasteiger partial charge in [0.1, 0.15) is 18.5 Å². The summed E-state index contributed by atoms with van der Waals surface area (Å²) in [7, 11) is 0. The first-order valence-corrected chi connectivity index (χ1v) is 9.10. The molecule has 0 saturated carbocycles. The molecule has 0 aliphatic carbocycles. The van der Waals surface area contributed by atoms with E-state index in [1.165, 1.54) is 5.69 Å². The van der Waals surface area contributed by atoms with Crippen molar-refractivity contribution in [2.24, 2.45) is 5.73 Å². The highest BCUT2D eigenvalue weighted by Gasteiger charge is 2.19. The summed E-state index contributed by atoms with van der Waals surface area (Å²) in [5.74, 6) is 0.637. The van der Waals surface area contributed by atoms with Crippen LogP contribution in [0.1, 0.15) is 0 Å². The van der Waals surface area contributed by atoms with E-state index < -0.39 is 12.1 Å². The van der Waals surface area contributed by atoms with Crippen molar-refractivity contribution in [2.45, 2.75) is 6.10 Å². The number of urea groups is 1. The largest absolute Gasteiger partial charge is 0.491 e. The summed E-state index contributed by atoms with van der Waals surface area (Å²) in [5.41, 5.74) is 6.92. The molecular formula is C20H26N4O3. The van der Waals surface area contributed by atoms with Crippen LogP contribution >= 0.6 is 0 Å². The minimum atomic E-state index is -0.605. The number of nitrogens with two attached hydrogens (primary N) is 1. The van der Waals surface area contributed by atoms with Gasteiger partial charge in [0.2, 0.25) is 0 Å². The Bertz CT molecular complexity index is 716. The minimum absolute atomic E-state index is 0.224. The number of para-hydroxylation sites is 1. The van der Waals surface area contributed by atoms with Crippen LogP contribution in [0, 0.1) is 0 Å². The Morgan fingerprint density at radius 2 is 1.74 bits per heavy atom. The lowest BCUT2D eigenvalue weighted by molar-refractivity contribution is 0.0663. The van der Waals surface area contributed by atoms with Crippen molar-refractivity contribution < 1.29 is 14.6 Å². The van der Waals surface area contributed by atoms with Crippen molar-refractivity contribution in [3.63, 3.8) is 0 Å². The molecule has 1 saturated heterocycles. The molecule has 4 N–H and O–H groups in total. The van der Waals surface area contributed by atoms with E-state index in [1.54, 1.807) is 24.3 Å². The molecule has 27 heavy (non-hydrogen) atoms. The number of piperazine rings is 1. The van der Waals surface area contributed by atoms with Crippen molar-refractivity contribution in [3.8, 4) is 5.75 Å². The van der Waals surface area contributed by atoms with Crippen molar-refractivity contribution in [1.29, 1.82) is 0 Å². The lowest BCUT2D eigenvalue weighted by atomic mass is 10.2. The van der Waals surface area contributed by atoms with Gasteiger partial charge in [-0.3, -0.25) is 4.90 Å². The minimum Gasteiger partial charge on any atom is -0.491 e. The molecule has 0 unspecified atom stereocenters. The number of carbonyl (C=O) groups is 1. The maximum atomic E-state index is 10.8. The molecule has 0 aromatic heterocycles. The van der Waals surface area contributed by atoms with Gasteiger partial charge >= 0.3 is 6.03 Å². The van der Waals surface area contributed by atoms with Gasteiger partial charge < -0.3 is 25.8 Å². The predicted octanol–water partition coefficient (Wildman–Crippen LogP) is 1.74. The van der Waals surface area contributed by atoms with E-state index in [0.717, 1.165) is 26.2 Å². The second-order valence-corrected chi connectivity index (χ2v) is 6.60. The predicted molar refractivity (Wildman–Crippen MR) is 106 cm³/mol. The van der Waals surface area contributed by atoms with Crippen LogP contribution in [-0.4, -0.2) is 61.5 Å². The molecule has 1 aliphatic rings. The summed E-state index contributed by atoms with van der Waals surface area (Å²) in [6, 6.07) is 16.7. The Labute approximate surface area is 159 Å². The fourth-order valence-electron chi connectivity index (χ4n) is 3.15. The molecule has 0 radical (unpaired) electrons. The Kier molecular flexibility index (Phi) is 6.51. The lowest BCUT2D eigenvalue weighted by Crippen LogP contribution is -2.49. The van der Waals surface area contributed by atoms with E-state index in [2.05, 4.69) is 39.4 Å². The van der Waals surface area contributed by atoms with Crippen LogP contribution in [0.3, 0.4) is 0 Å². The summed E-state index contributed by atoms with van der Waals surface area (Å²) in [6.07, 6.45) is -0.559. The van der Waals surface area contributed by atoms with Crippen LogP contribution < -0.4 is 20.7 Å². The van der Waals surface area contributed by atoms with Gasteiger partial charge in [0.25, 0.3) is 0 Å².